The van der Waals surface area contributed by atoms with E-state index < -0.39 is 10.0 Å². The number of sulfonamides is 1. The fourth-order valence-electron chi connectivity index (χ4n) is 2.78. The Morgan fingerprint density at radius 1 is 1.43 bits per heavy atom. The Kier molecular flexibility index (Phi) is 5.66. The van der Waals surface area contributed by atoms with Gasteiger partial charge >= 0.3 is 0 Å². The molecule has 2 rings (SSSR count). The van der Waals surface area contributed by atoms with E-state index >= 15 is 0 Å². The number of nitrogens with zero attached hydrogens (tertiary/aromatic N) is 1. The summed E-state index contributed by atoms with van der Waals surface area (Å²) in [5, 5.41) is 3.75. The zero-order valence-corrected chi connectivity index (χ0v) is 14.2. The van der Waals surface area contributed by atoms with Crippen LogP contribution >= 0.6 is 11.6 Å². The molecule has 0 amide bonds. The quantitative estimate of drug-likeness (QED) is 0.903. The van der Waals surface area contributed by atoms with Crippen molar-refractivity contribution in [3.05, 3.63) is 28.8 Å². The van der Waals surface area contributed by atoms with Crippen LogP contribution in [0.4, 0.5) is 0 Å². The van der Waals surface area contributed by atoms with E-state index in [1.807, 2.05) is 13.8 Å². The van der Waals surface area contributed by atoms with Crippen LogP contribution in [-0.4, -0.2) is 38.4 Å². The predicted octanol–water partition coefficient (Wildman–Crippen LogP) is 2.80. The van der Waals surface area contributed by atoms with E-state index in [2.05, 4.69) is 5.32 Å². The maximum atomic E-state index is 13.0. The van der Waals surface area contributed by atoms with E-state index in [0.29, 0.717) is 16.5 Å². The van der Waals surface area contributed by atoms with E-state index in [4.69, 9.17) is 11.6 Å². The summed E-state index contributed by atoms with van der Waals surface area (Å²) in [5.41, 5.74) is 0.740. The summed E-state index contributed by atoms with van der Waals surface area (Å²) in [4.78, 5) is 0.328. The lowest BCUT2D eigenvalue weighted by atomic mass is 10.1. The number of rotatable bonds is 5. The highest BCUT2D eigenvalue weighted by molar-refractivity contribution is 7.89. The minimum atomic E-state index is -3.51. The van der Waals surface area contributed by atoms with Gasteiger partial charge in [0.1, 0.15) is 0 Å². The number of hydrogen-bond donors (Lipinski definition) is 1. The zero-order valence-electron chi connectivity index (χ0n) is 12.6. The molecule has 1 atom stereocenters. The molecule has 1 aromatic rings. The van der Waals surface area contributed by atoms with Crippen LogP contribution in [-0.2, 0) is 10.0 Å². The predicted molar refractivity (Wildman–Crippen MR) is 86.3 cm³/mol. The van der Waals surface area contributed by atoms with Crippen molar-refractivity contribution < 1.29 is 8.42 Å². The molecule has 0 aliphatic carbocycles. The molecule has 118 valence electrons. The molecule has 1 aliphatic heterocycles. The number of benzene rings is 1. The van der Waals surface area contributed by atoms with E-state index in [-0.39, 0.29) is 6.04 Å². The van der Waals surface area contributed by atoms with E-state index in [1.54, 1.807) is 22.5 Å². The van der Waals surface area contributed by atoms with Crippen LogP contribution in [0.2, 0.25) is 5.02 Å². The summed E-state index contributed by atoms with van der Waals surface area (Å²) in [6.45, 7) is 6.04. The summed E-state index contributed by atoms with van der Waals surface area (Å²) in [7, 11) is -3.51. The van der Waals surface area contributed by atoms with Crippen molar-refractivity contribution in [1.82, 2.24) is 9.62 Å². The van der Waals surface area contributed by atoms with Crippen molar-refractivity contribution in [3.8, 4) is 0 Å². The average Bonchev–Trinajstić information content (AvgIpc) is 2.48. The summed E-state index contributed by atoms with van der Waals surface area (Å²) >= 11 is 6.00. The fourth-order valence-corrected chi connectivity index (χ4v) is 5.01. The molecule has 0 bridgehead atoms. The molecule has 4 nitrogen and oxygen atoms in total. The minimum absolute atomic E-state index is 0.0297. The Labute approximate surface area is 132 Å². The summed E-state index contributed by atoms with van der Waals surface area (Å²) < 4.78 is 27.7. The second-order valence-corrected chi connectivity index (χ2v) is 7.82. The van der Waals surface area contributed by atoms with Crippen molar-refractivity contribution in [2.24, 2.45) is 0 Å². The first-order valence-corrected chi connectivity index (χ1v) is 9.27. The molecular weight excluding hydrogens is 308 g/mol. The molecule has 21 heavy (non-hydrogen) atoms. The van der Waals surface area contributed by atoms with Crippen molar-refractivity contribution in [3.63, 3.8) is 0 Å². The van der Waals surface area contributed by atoms with Gasteiger partial charge in [0.05, 0.1) is 4.90 Å². The zero-order chi connectivity index (χ0) is 15.5. The normalized spacial score (nSPS) is 19.9. The second kappa shape index (κ2) is 7.09. The topological polar surface area (TPSA) is 49.4 Å². The lowest BCUT2D eigenvalue weighted by Gasteiger charge is -2.34. The van der Waals surface area contributed by atoms with Crippen molar-refractivity contribution >= 4 is 21.6 Å². The van der Waals surface area contributed by atoms with Crippen LogP contribution in [0.15, 0.2) is 23.1 Å². The van der Waals surface area contributed by atoms with Gasteiger partial charge in [-0.3, -0.25) is 0 Å². The standard InChI is InChI=1S/C15H23ClN2O2S/c1-3-9-18(14-5-4-8-17-11-14)21(19,20)15-10-13(16)7-6-12(15)2/h6-7,10,14,17H,3-5,8-9,11H2,1-2H3. The molecule has 0 saturated carbocycles. The number of aryl methyl sites for hydroxylation is 1. The molecule has 1 aromatic carbocycles. The molecule has 0 radical (unpaired) electrons. The fraction of sp³-hybridized carbons (Fsp3) is 0.600. The van der Waals surface area contributed by atoms with Crippen LogP contribution in [0.25, 0.3) is 0 Å². The Morgan fingerprint density at radius 2 is 2.19 bits per heavy atom. The summed E-state index contributed by atoms with van der Waals surface area (Å²) in [6, 6.07) is 5.08. The SMILES string of the molecule is CCCN(C1CCCNC1)S(=O)(=O)c1cc(Cl)ccc1C. The maximum absolute atomic E-state index is 13.0. The third-order valence-corrected chi connectivity index (χ3v) is 6.19. The molecule has 1 N–H and O–H groups in total. The molecule has 0 aromatic heterocycles. The molecule has 1 unspecified atom stereocenters. The Balaban J connectivity index is 2.39. The van der Waals surface area contributed by atoms with Crippen molar-refractivity contribution in [2.75, 3.05) is 19.6 Å². The van der Waals surface area contributed by atoms with Crippen molar-refractivity contribution in [1.29, 1.82) is 0 Å². The second-order valence-electron chi connectivity index (χ2n) is 5.53. The largest absolute Gasteiger partial charge is 0.315 e. The highest BCUT2D eigenvalue weighted by atomic mass is 35.5. The first kappa shape index (κ1) is 16.7. The number of piperidine rings is 1. The van der Waals surface area contributed by atoms with Crippen LogP contribution in [0.1, 0.15) is 31.7 Å². The number of nitrogens with one attached hydrogen (secondary N) is 1. The Morgan fingerprint density at radius 3 is 2.81 bits per heavy atom. The first-order valence-electron chi connectivity index (χ1n) is 7.45. The third-order valence-electron chi connectivity index (χ3n) is 3.86. The van der Waals surface area contributed by atoms with Gasteiger partial charge in [0.25, 0.3) is 0 Å². The minimum Gasteiger partial charge on any atom is -0.315 e. The van der Waals surface area contributed by atoms with Crippen LogP contribution in [0.3, 0.4) is 0 Å². The van der Waals surface area contributed by atoms with Crippen LogP contribution in [0, 0.1) is 6.92 Å². The smallest absolute Gasteiger partial charge is 0.243 e. The van der Waals surface area contributed by atoms with Gasteiger partial charge in [-0.05, 0) is 50.4 Å². The van der Waals surface area contributed by atoms with Gasteiger partial charge in [0.2, 0.25) is 10.0 Å². The lowest BCUT2D eigenvalue weighted by molar-refractivity contribution is 0.266. The monoisotopic (exact) mass is 330 g/mol. The van der Waals surface area contributed by atoms with Gasteiger partial charge in [-0.25, -0.2) is 8.42 Å². The van der Waals surface area contributed by atoms with Gasteiger partial charge in [0.15, 0.2) is 0 Å². The molecule has 0 spiro atoms. The average molecular weight is 331 g/mol. The third kappa shape index (κ3) is 3.77. The molecule has 1 saturated heterocycles. The Bertz CT molecular complexity index is 583. The van der Waals surface area contributed by atoms with Crippen LogP contribution in [0.5, 0.6) is 0 Å². The molecular formula is C15H23ClN2O2S. The first-order chi connectivity index (χ1) is 9.96. The molecule has 1 heterocycles. The molecule has 1 fully saturated rings. The van der Waals surface area contributed by atoms with E-state index in [1.165, 1.54) is 0 Å². The lowest BCUT2D eigenvalue weighted by Crippen LogP contribution is -2.49. The molecule has 6 heteroatoms. The molecule has 1 aliphatic rings. The van der Waals surface area contributed by atoms with E-state index in [0.717, 1.165) is 37.9 Å². The van der Waals surface area contributed by atoms with Gasteiger partial charge in [-0.15, -0.1) is 0 Å². The van der Waals surface area contributed by atoms with Gasteiger partial charge in [-0.2, -0.15) is 4.31 Å². The highest BCUT2D eigenvalue weighted by Crippen LogP contribution is 2.26. The van der Waals surface area contributed by atoms with Gasteiger partial charge < -0.3 is 5.32 Å². The van der Waals surface area contributed by atoms with Crippen LogP contribution < -0.4 is 5.32 Å². The number of hydrogen-bond acceptors (Lipinski definition) is 3. The van der Waals surface area contributed by atoms with E-state index in [9.17, 15) is 8.42 Å². The Hall–Kier alpha value is -0.620. The number of halogens is 1. The van der Waals surface area contributed by atoms with Gasteiger partial charge in [-0.1, -0.05) is 24.6 Å². The highest BCUT2D eigenvalue weighted by Gasteiger charge is 2.32. The van der Waals surface area contributed by atoms with Gasteiger partial charge in [0, 0.05) is 24.2 Å². The summed E-state index contributed by atoms with van der Waals surface area (Å²) in [6.07, 6.45) is 2.72. The van der Waals surface area contributed by atoms with Crippen molar-refractivity contribution in [2.45, 2.75) is 44.0 Å². The maximum Gasteiger partial charge on any atom is 0.243 e. The summed E-state index contributed by atoms with van der Waals surface area (Å²) in [5.74, 6) is 0.